The van der Waals surface area contributed by atoms with Crippen molar-refractivity contribution in [3.8, 4) is 0 Å². The summed E-state index contributed by atoms with van der Waals surface area (Å²) in [5, 5.41) is 12.9. The SMILES string of the molecule is CCN(CCO)CC1(CNCC(C)C)CCC(C)CC1. The van der Waals surface area contributed by atoms with Crippen molar-refractivity contribution in [2.24, 2.45) is 17.3 Å². The quantitative estimate of drug-likeness (QED) is 0.683. The Bertz CT molecular complexity index is 247. The van der Waals surface area contributed by atoms with Crippen LogP contribution in [0.4, 0.5) is 0 Å². The fourth-order valence-corrected chi connectivity index (χ4v) is 3.36. The molecule has 0 saturated heterocycles. The van der Waals surface area contributed by atoms with E-state index in [1.807, 2.05) is 0 Å². The molecule has 0 radical (unpaired) electrons. The first-order chi connectivity index (χ1) is 9.51. The first-order valence-corrected chi connectivity index (χ1v) is 8.55. The summed E-state index contributed by atoms with van der Waals surface area (Å²) in [5.74, 6) is 1.61. The second-order valence-electron chi connectivity index (χ2n) is 7.30. The maximum atomic E-state index is 9.21. The summed E-state index contributed by atoms with van der Waals surface area (Å²) >= 11 is 0. The van der Waals surface area contributed by atoms with Crippen LogP contribution in [-0.2, 0) is 0 Å². The zero-order valence-electron chi connectivity index (χ0n) is 14.1. The normalized spacial score (nSPS) is 27.4. The van der Waals surface area contributed by atoms with Gasteiger partial charge in [0.1, 0.15) is 0 Å². The van der Waals surface area contributed by atoms with Crippen molar-refractivity contribution in [1.29, 1.82) is 0 Å². The van der Waals surface area contributed by atoms with Crippen molar-refractivity contribution < 1.29 is 5.11 Å². The summed E-state index contributed by atoms with van der Waals surface area (Å²) in [6.45, 7) is 14.7. The molecule has 0 spiro atoms. The number of hydrogen-bond acceptors (Lipinski definition) is 3. The van der Waals surface area contributed by atoms with Gasteiger partial charge in [-0.05, 0) is 43.2 Å². The highest BCUT2D eigenvalue weighted by atomic mass is 16.3. The van der Waals surface area contributed by atoms with Gasteiger partial charge in [-0.3, -0.25) is 0 Å². The van der Waals surface area contributed by atoms with Gasteiger partial charge in [-0.25, -0.2) is 0 Å². The number of rotatable bonds is 9. The van der Waals surface area contributed by atoms with E-state index < -0.39 is 0 Å². The second kappa shape index (κ2) is 9.01. The van der Waals surface area contributed by atoms with Crippen molar-refractivity contribution in [2.75, 3.05) is 39.3 Å². The van der Waals surface area contributed by atoms with E-state index in [4.69, 9.17) is 0 Å². The van der Waals surface area contributed by atoms with Gasteiger partial charge in [0, 0.05) is 19.6 Å². The third-order valence-electron chi connectivity index (χ3n) is 4.81. The van der Waals surface area contributed by atoms with Crippen LogP contribution in [0.2, 0.25) is 0 Å². The van der Waals surface area contributed by atoms with Crippen molar-refractivity contribution in [2.45, 2.75) is 53.4 Å². The zero-order chi connectivity index (χ0) is 15.0. The molecule has 120 valence electrons. The van der Waals surface area contributed by atoms with Crippen LogP contribution in [0.1, 0.15) is 53.4 Å². The Morgan fingerprint density at radius 3 is 2.45 bits per heavy atom. The summed E-state index contributed by atoms with van der Waals surface area (Å²) < 4.78 is 0. The average Bonchev–Trinajstić information content (AvgIpc) is 2.41. The second-order valence-corrected chi connectivity index (χ2v) is 7.30. The van der Waals surface area contributed by atoms with Crippen molar-refractivity contribution in [1.82, 2.24) is 10.2 Å². The lowest BCUT2D eigenvalue weighted by molar-refractivity contribution is 0.0781. The van der Waals surface area contributed by atoms with Crippen LogP contribution in [0.15, 0.2) is 0 Å². The maximum absolute atomic E-state index is 9.21. The Morgan fingerprint density at radius 1 is 1.30 bits per heavy atom. The molecule has 3 heteroatoms. The number of hydrogen-bond donors (Lipinski definition) is 2. The van der Waals surface area contributed by atoms with E-state index in [2.05, 4.69) is 37.9 Å². The molecule has 0 atom stereocenters. The Balaban J connectivity index is 2.58. The largest absolute Gasteiger partial charge is 0.395 e. The Hall–Kier alpha value is -0.120. The smallest absolute Gasteiger partial charge is 0.0558 e. The molecule has 3 nitrogen and oxygen atoms in total. The molecule has 1 aliphatic carbocycles. The van der Waals surface area contributed by atoms with Gasteiger partial charge in [0.25, 0.3) is 0 Å². The highest BCUT2D eigenvalue weighted by Crippen LogP contribution is 2.39. The van der Waals surface area contributed by atoms with Gasteiger partial charge in [-0.1, -0.05) is 40.5 Å². The number of nitrogens with zero attached hydrogens (tertiary/aromatic N) is 1. The predicted molar refractivity (Wildman–Crippen MR) is 87.0 cm³/mol. The van der Waals surface area contributed by atoms with Crippen LogP contribution in [0.25, 0.3) is 0 Å². The monoisotopic (exact) mass is 284 g/mol. The molecule has 0 unspecified atom stereocenters. The first kappa shape index (κ1) is 17.9. The number of likely N-dealkylation sites (N-methyl/N-ethyl adjacent to an activating group) is 1. The summed E-state index contributed by atoms with van der Waals surface area (Å²) in [7, 11) is 0. The molecular formula is C17H36N2O. The average molecular weight is 284 g/mol. The third-order valence-corrected chi connectivity index (χ3v) is 4.81. The van der Waals surface area contributed by atoms with Gasteiger partial charge in [0.2, 0.25) is 0 Å². The van der Waals surface area contributed by atoms with E-state index in [9.17, 15) is 5.11 Å². The Kier molecular flexibility index (Phi) is 8.08. The van der Waals surface area contributed by atoms with Gasteiger partial charge in [-0.2, -0.15) is 0 Å². The molecule has 0 amide bonds. The third kappa shape index (κ3) is 6.11. The molecule has 2 N–H and O–H groups in total. The molecular weight excluding hydrogens is 248 g/mol. The van der Waals surface area contributed by atoms with Crippen molar-refractivity contribution in [3.63, 3.8) is 0 Å². The lowest BCUT2D eigenvalue weighted by atomic mass is 9.70. The molecule has 1 fully saturated rings. The molecule has 0 aromatic rings. The van der Waals surface area contributed by atoms with Crippen LogP contribution in [0, 0.1) is 17.3 Å². The minimum atomic E-state index is 0.278. The van der Waals surface area contributed by atoms with Gasteiger partial charge in [0.15, 0.2) is 0 Å². The minimum Gasteiger partial charge on any atom is -0.395 e. The highest BCUT2D eigenvalue weighted by Gasteiger charge is 2.35. The molecule has 0 heterocycles. The maximum Gasteiger partial charge on any atom is 0.0558 e. The van der Waals surface area contributed by atoms with Gasteiger partial charge in [0.05, 0.1) is 6.61 Å². The number of nitrogens with one attached hydrogen (secondary N) is 1. The van der Waals surface area contributed by atoms with Crippen molar-refractivity contribution >= 4 is 0 Å². The fraction of sp³-hybridized carbons (Fsp3) is 1.00. The van der Waals surface area contributed by atoms with Gasteiger partial charge < -0.3 is 15.3 Å². The molecule has 0 aromatic carbocycles. The van der Waals surface area contributed by atoms with E-state index in [1.165, 1.54) is 25.7 Å². The van der Waals surface area contributed by atoms with E-state index in [-0.39, 0.29) is 6.61 Å². The van der Waals surface area contributed by atoms with E-state index in [0.29, 0.717) is 11.3 Å². The summed E-state index contributed by atoms with van der Waals surface area (Å²) in [5.41, 5.74) is 0.423. The lowest BCUT2D eigenvalue weighted by Crippen LogP contribution is -2.47. The van der Waals surface area contributed by atoms with Crippen LogP contribution in [-0.4, -0.2) is 49.3 Å². The Labute approximate surface area is 126 Å². The molecule has 1 saturated carbocycles. The van der Waals surface area contributed by atoms with E-state index in [0.717, 1.165) is 38.6 Å². The predicted octanol–water partition coefficient (Wildman–Crippen LogP) is 2.74. The van der Waals surface area contributed by atoms with Gasteiger partial charge >= 0.3 is 0 Å². The van der Waals surface area contributed by atoms with Crippen LogP contribution in [0.5, 0.6) is 0 Å². The standard InChI is InChI=1S/C17H36N2O/c1-5-19(10-11-20)14-17(13-18-12-15(2)3)8-6-16(4)7-9-17/h15-16,18,20H,5-14H2,1-4H3. The van der Waals surface area contributed by atoms with Crippen LogP contribution in [0.3, 0.4) is 0 Å². The molecule has 0 aromatic heterocycles. The first-order valence-electron chi connectivity index (χ1n) is 8.55. The summed E-state index contributed by atoms with van der Waals surface area (Å²) in [4.78, 5) is 2.42. The van der Waals surface area contributed by atoms with Crippen LogP contribution >= 0.6 is 0 Å². The molecule has 1 rings (SSSR count). The van der Waals surface area contributed by atoms with Crippen LogP contribution < -0.4 is 5.32 Å². The topological polar surface area (TPSA) is 35.5 Å². The molecule has 0 bridgehead atoms. The molecule has 1 aliphatic rings. The number of aliphatic hydroxyl groups is 1. The lowest BCUT2D eigenvalue weighted by Gasteiger charge is -2.43. The Morgan fingerprint density at radius 2 is 1.95 bits per heavy atom. The van der Waals surface area contributed by atoms with E-state index >= 15 is 0 Å². The minimum absolute atomic E-state index is 0.278. The van der Waals surface area contributed by atoms with Gasteiger partial charge in [-0.15, -0.1) is 0 Å². The zero-order valence-corrected chi connectivity index (χ0v) is 14.1. The molecule has 0 aliphatic heterocycles. The summed E-state index contributed by atoms with van der Waals surface area (Å²) in [6.07, 6.45) is 5.39. The fourth-order valence-electron chi connectivity index (χ4n) is 3.36. The van der Waals surface area contributed by atoms with E-state index in [1.54, 1.807) is 0 Å². The van der Waals surface area contributed by atoms with Crippen molar-refractivity contribution in [3.05, 3.63) is 0 Å². The number of aliphatic hydroxyl groups excluding tert-OH is 1. The highest BCUT2D eigenvalue weighted by molar-refractivity contribution is 4.89. The molecule has 20 heavy (non-hydrogen) atoms. The summed E-state index contributed by atoms with van der Waals surface area (Å²) in [6, 6.07) is 0.